The van der Waals surface area contributed by atoms with Crippen LogP contribution in [-0.4, -0.2) is 39.9 Å². The maximum atomic E-state index is 13.0. The molecule has 7 heteroatoms. The fourth-order valence-electron chi connectivity index (χ4n) is 3.71. The first kappa shape index (κ1) is 18.7. The average molecular weight is 382 g/mol. The summed E-state index contributed by atoms with van der Waals surface area (Å²) in [4.78, 5) is 17.8. The van der Waals surface area contributed by atoms with Gasteiger partial charge in [0.2, 0.25) is 0 Å². The quantitative estimate of drug-likeness (QED) is 0.726. The normalized spacial score (nSPS) is 17.0. The van der Waals surface area contributed by atoms with E-state index in [1.54, 1.807) is 6.20 Å². The molecule has 1 saturated heterocycles. The van der Waals surface area contributed by atoms with E-state index in [9.17, 15) is 4.79 Å². The fourth-order valence-corrected chi connectivity index (χ4v) is 3.71. The molecule has 4 rings (SSSR count). The Morgan fingerprint density at radius 1 is 1.36 bits per heavy atom. The summed E-state index contributed by atoms with van der Waals surface area (Å²) in [5.74, 6) is 1.46. The Labute approximate surface area is 164 Å². The average Bonchev–Trinajstić information content (AvgIpc) is 3.38. The second-order valence-corrected chi connectivity index (χ2v) is 7.65. The zero-order valence-electron chi connectivity index (χ0n) is 16.8. The van der Waals surface area contributed by atoms with Crippen LogP contribution in [0.4, 0.5) is 0 Å². The first-order valence-electron chi connectivity index (χ1n) is 9.79. The van der Waals surface area contributed by atoms with Crippen LogP contribution in [0.25, 0.3) is 22.3 Å². The number of rotatable bonds is 5. The van der Waals surface area contributed by atoms with Crippen LogP contribution < -0.4 is 5.32 Å². The number of hydrogen-bond donors (Lipinski definition) is 1. The maximum Gasteiger partial charge on any atom is 0.252 e. The second kappa shape index (κ2) is 7.39. The number of pyridine rings is 1. The minimum absolute atomic E-state index is 0.0953. The van der Waals surface area contributed by atoms with Gasteiger partial charge in [-0.05, 0) is 52.7 Å². The van der Waals surface area contributed by atoms with Crippen molar-refractivity contribution < 1.29 is 13.9 Å². The molecule has 0 aliphatic carbocycles. The summed E-state index contributed by atoms with van der Waals surface area (Å²) >= 11 is 0. The van der Waals surface area contributed by atoms with E-state index in [0.717, 1.165) is 41.9 Å². The molecule has 1 amide bonds. The highest BCUT2D eigenvalue weighted by Gasteiger charge is 2.22. The van der Waals surface area contributed by atoms with Crippen molar-refractivity contribution in [3.63, 3.8) is 0 Å². The number of ether oxygens (including phenoxy) is 1. The van der Waals surface area contributed by atoms with Gasteiger partial charge in [0, 0.05) is 24.8 Å². The molecule has 0 saturated carbocycles. The van der Waals surface area contributed by atoms with E-state index in [2.05, 4.69) is 10.4 Å². The summed E-state index contributed by atoms with van der Waals surface area (Å²) in [6.07, 6.45) is 3.85. The zero-order valence-corrected chi connectivity index (χ0v) is 16.8. The van der Waals surface area contributed by atoms with Crippen molar-refractivity contribution >= 4 is 16.9 Å². The summed E-state index contributed by atoms with van der Waals surface area (Å²) in [6.45, 7) is 9.19. The third-order valence-electron chi connectivity index (χ3n) is 5.13. The summed E-state index contributed by atoms with van der Waals surface area (Å²) in [7, 11) is 0. The van der Waals surface area contributed by atoms with Crippen LogP contribution in [0.2, 0.25) is 0 Å². The number of carbonyl (C=O) groups is 1. The number of aryl methyl sites for hydroxylation is 2. The zero-order chi connectivity index (χ0) is 19.8. The molecule has 1 atom stereocenters. The van der Waals surface area contributed by atoms with Gasteiger partial charge >= 0.3 is 0 Å². The molecule has 1 aliphatic rings. The van der Waals surface area contributed by atoms with Crippen LogP contribution in [0.1, 0.15) is 54.6 Å². The van der Waals surface area contributed by atoms with Gasteiger partial charge in [0.1, 0.15) is 11.5 Å². The number of aromatic nitrogens is 3. The number of hydrogen-bond acceptors (Lipinski definition) is 5. The molecule has 4 heterocycles. The Morgan fingerprint density at radius 3 is 2.82 bits per heavy atom. The number of nitrogens with one attached hydrogen (secondary N) is 1. The highest BCUT2D eigenvalue weighted by molar-refractivity contribution is 6.06. The minimum Gasteiger partial charge on any atom is -0.466 e. The topological polar surface area (TPSA) is 82.2 Å². The first-order valence-corrected chi connectivity index (χ1v) is 9.79. The lowest BCUT2D eigenvalue weighted by Crippen LogP contribution is -2.31. The van der Waals surface area contributed by atoms with E-state index in [4.69, 9.17) is 14.1 Å². The number of nitrogens with zero attached hydrogens (tertiary/aromatic N) is 3. The van der Waals surface area contributed by atoms with E-state index in [1.807, 2.05) is 44.5 Å². The lowest BCUT2D eigenvalue weighted by atomic mass is 10.1. The number of carbonyl (C=O) groups excluding carboxylic acids is 1. The van der Waals surface area contributed by atoms with E-state index in [-0.39, 0.29) is 18.1 Å². The molecule has 1 aliphatic heterocycles. The molecule has 148 valence electrons. The van der Waals surface area contributed by atoms with Crippen molar-refractivity contribution in [1.29, 1.82) is 0 Å². The molecule has 0 aromatic carbocycles. The van der Waals surface area contributed by atoms with Gasteiger partial charge in [-0.15, -0.1) is 0 Å². The third kappa shape index (κ3) is 3.42. The molecule has 1 fully saturated rings. The van der Waals surface area contributed by atoms with Gasteiger partial charge < -0.3 is 14.5 Å². The Morgan fingerprint density at radius 2 is 2.18 bits per heavy atom. The molecule has 28 heavy (non-hydrogen) atoms. The largest absolute Gasteiger partial charge is 0.466 e. The van der Waals surface area contributed by atoms with Gasteiger partial charge in [0.15, 0.2) is 5.65 Å². The Bertz CT molecular complexity index is 1010. The van der Waals surface area contributed by atoms with Crippen LogP contribution >= 0.6 is 0 Å². The predicted octanol–water partition coefficient (Wildman–Crippen LogP) is 3.80. The lowest BCUT2D eigenvalue weighted by Gasteiger charge is -2.13. The molecule has 7 nitrogen and oxygen atoms in total. The Hall–Kier alpha value is -2.67. The van der Waals surface area contributed by atoms with Gasteiger partial charge in [-0.2, -0.15) is 5.10 Å². The van der Waals surface area contributed by atoms with Crippen LogP contribution in [0.5, 0.6) is 0 Å². The standard InChI is InChI=1S/C21H26N4O3/c1-12(2)25-20-18(11-23-25)17(21(26)22-10-15-6-5-7-27-15)9-19(24-20)16-8-13(3)28-14(16)4/h8-9,11-12,15H,5-7,10H2,1-4H3,(H,22,26). The fraction of sp³-hybridized carbons (Fsp3) is 0.476. The number of amides is 1. The lowest BCUT2D eigenvalue weighted by molar-refractivity contribution is 0.0859. The molecule has 1 unspecified atom stereocenters. The van der Waals surface area contributed by atoms with Crippen molar-refractivity contribution in [3.05, 3.63) is 35.4 Å². The smallest absolute Gasteiger partial charge is 0.252 e. The van der Waals surface area contributed by atoms with Crippen LogP contribution in [0.3, 0.4) is 0 Å². The second-order valence-electron chi connectivity index (χ2n) is 7.65. The van der Waals surface area contributed by atoms with Gasteiger partial charge in [-0.3, -0.25) is 4.79 Å². The van der Waals surface area contributed by atoms with Crippen LogP contribution in [0.15, 0.2) is 22.7 Å². The molecular weight excluding hydrogens is 356 g/mol. The third-order valence-corrected chi connectivity index (χ3v) is 5.13. The Balaban J connectivity index is 1.77. The van der Waals surface area contributed by atoms with Gasteiger partial charge in [0.05, 0.1) is 28.9 Å². The molecule has 0 radical (unpaired) electrons. The van der Waals surface area contributed by atoms with Crippen molar-refractivity contribution in [2.45, 2.75) is 52.7 Å². The highest BCUT2D eigenvalue weighted by atomic mass is 16.5. The maximum absolute atomic E-state index is 13.0. The van der Waals surface area contributed by atoms with E-state index in [0.29, 0.717) is 23.4 Å². The summed E-state index contributed by atoms with van der Waals surface area (Å²) in [5, 5.41) is 8.23. The van der Waals surface area contributed by atoms with Gasteiger partial charge in [0.25, 0.3) is 5.91 Å². The molecule has 3 aromatic rings. The molecular formula is C21H26N4O3. The summed E-state index contributed by atoms with van der Waals surface area (Å²) < 4.78 is 13.1. The molecule has 3 aromatic heterocycles. The van der Waals surface area contributed by atoms with Crippen LogP contribution in [-0.2, 0) is 4.74 Å². The molecule has 1 N–H and O–H groups in total. The van der Waals surface area contributed by atoms with Crippen molar-refractivity contribution in [1.82, 2.24) is 20.1 Å². The highest BCUT2D eigenvalue weighted by Crippen LogP contribution is 2.30. The molecule has 0 bridgehead atoms. The number of fused-ring (bicyclic) bond motifs is 1. The van der Waals surface area contributed by atoms with Gasteiger partial charge in [-0.1, -0.05) is 0 Å². The Kier molecular flexibility index (Phi) is 4.93. The SMILES string of the molecule is Cc1cc(-c2cc(C(=O)NCC3CCCO3)c3cnn(C(C)C)c3n2)c(C)o1. The van der Waals surface area contributed by atoms with E-state index < -0.39 is 0 Å². The summed E-state index contributed by atoms with van der Waals surface area (Å²) in [6, 6.07) is 3.92. The predicted molar refractivity (Wildman–Crippen MR) is 106 cm³/mol. The number of furan rings is 1. The van der Waals surface area contributed by atoms with Crippen LogP contribution in [0, 0.1) is 13.8 Å². The monoisotopic (exact) mass is 382 g/mol. The molecule has 0 spiro atoms. The van der Waals surface area contributed by atoms with Crippen molar-refractivity contribution in [3.8, 4) is 11.3 Å². The summed E-state index contributed by atoms with van der Waals surface area (Å²) in [5.41, 5.74) is 2.88. The van der Waals surface area contributed by atoms with Gasteiger partial charge in [-0.25, -0.2) is 9.67 Å². The van der Waals surface area contributed by atoms with Crippen molar-refractivity contribution in [2.75, 3.05) is 13.2 Å². The minimum atomic E-state index is -0.134. The van der Waals surface area contributed by atoms with Crippen molar-refractivity contribution in [2.24, 2.45) is 0 Å². The van der Waals surface area contributed by atoms with E-state index >= 15 is 0 Å². The first-order chi connectivity index (χ1) is 13.4. The van der Waals surface area contributed by atoms with E-state index in [1.165, 1.54) is 0 Å².